The molecule has 0 radical (unpaired) electrons. The molecule has 0 aliphatic carbocycles. The van der Waals surface area contributed by atoms with E-state index in [1.807, 2.05) is 0 Å². The molecule has 170 valence electrons. The number of unbranched alkanes of at least 4 members (excludes halogenated alkanes) is 9. The molecular weight excluding hydrogens is 425 g/mol. The first kappa shape index (κ1) is 28.5. The SMILES string of the molecule is CCCCCCCCCCCCn1c(C(=O)[O-])c2c(c1C(=O)OCC)OCCCO2.[K+]. The van der Waals surface area contributed by atoms with Crippen molar-refractivity contribution in [2.75, 3.05) is 19.8 Å². The van der Waals surface area contributed by atoms with Gasteiger partial charge in [-0.3, -0.25) is 0 Å². The molecule has 1 aromatic rings. The summed E-state index contributed by atoms with van der Waals surface area (Å²) in [4.78, 5) is 24.4. The summed E-state index contributed by atoms with van der Waals surface area (Å²) in [6, 6.07) is 0. The second-order valence-corrected chi connectivity index (χ2v) is 7.75. The van der Waals surface area contributed by atoms with Crippen molar-refractivity contribution in [2.45, 2.75) is 91.0 Å². The molecule has 0 amide bonds. The van der Waals surface area contributed by atoms with Crippen molar-refractivity contribution in [2.24, 2.45) is 0 Å². The number of esters is 1. The van der Waals surface area contributed by atoms with Crippen LogP contribution >= 0.6 is 0 Å². The molecule has 1 aliphatic rings. The summed E-state index contributed by atoms with van der Waals surface area (Å²) in [6.45, 7) is 5.20. The molecule has 0 bridgehead atoms. The van der Waals surface area contributed by atoms with Crippen molar-refractivity contribution in [1.29, 1.82) is 0 Å². The van der Waals surface area contributed by atoms with Gasteiger partial charge in [-0.25, -0.2) is 4.79 Å². The number of rotatable bonds is 14. The number of ether oxygens (including phenoxy) is 3. The van der Waals surface area contributed by atoms with Gasteiger partial charge < -0.3 is 28.7 Å². The first-order valence-corrected chi connectivity index (χ1v) is 11.5. The van der Waals surface area contributed by atoms with Crippen LogP contribution in [0.25, 0.3) is 0 Å². The molecule has 0 fully saturated rings. The van der Waals surface area contributed by atoms with E-state index in [4.69, 9.17) is 14.2 Å². The van der Waals surface area contributed by atoms with Crippen molar-refractivity contribution in [3.63, 3.8) is 0 Å². The van der Waals surface area contributed by atoms with E-state index in [1.54, 1.807) is 6.92 Å². The quantitative estimate of drug-likeness (QED) is 0.234. The third-order valence-electron chi connectivity index (χ3n) is 5.36. The predicted octanol–water partition coefficient (Wildman–Crippen LogP) is 1.11. The zero-order chi connectivity index (χ0) is 21.8. The number of nitrogens with zero attached hydrogens (tertiary/aromatic N) is 1. The maximum absolute atomic E-state index is 12.6. The molecule has 0 atom stereocenters. The summed E-state index contributed by atoms with van der Waals surface area (Å²) in [5.41, 5.74) is -0.0187. The van der Waals surface area contributed by atoms with Crippen LogP contribution < -0.4 is 66.0 Å². The molecule has 31 heavy (non-hydrogen) atoms. The third kappa shape index (κ3) is 8.72. The van der Waals surface area contributed by atoms with Gasteiger partial charge in [0.25, 0.3) is 0 Å². The molecule has 0 N–H and O–H groups in total. The predicted molar refractivity (Wildman–Crippen MR) is 112 cm³/mol. The maximum Gasteiger partial charge on any atom is 1.00 e. The third-order valence-corrected chi connectivity index (χ3v) is 5.36. The van der Waals surface area contributed by atoms with Gasteiger partial charge in [-0.05, 0) is 13.3 Å². The molecule has 1 aromatic heterocycles. The fraction of sp³-hybridized carbons (Fsp3) is 0.739. The van der Waals surface area contributed by atoms with Gasteiger partial charge in [-0.15, -0.1) is 0 Å². The van der Waals surface area contributed by atoms with Crippen LogP contribution in [-0.4, -0.2) is 36.3 Å². The van der Waals surface area contributed by atoms with Crippen LogP contribution in [0.3, 0.4) is 0 Å². The number of aromatic carboxylic acids is 1. The van der Waals surface area contributed by atoms with Gasteiger partial charge >= 0.3 is 57.4 Å². The maximum atomic E-state index is 12.6. The average molecular weight is 462 g/mol. The van der Waals surface area contributed by atoms with Gasteiger partial charge in [0.05, 0.1) is 25.8 Å². The molecule has 2 rings (SSSR count). The van der Waals surface area contributed by atoms with Crippen LogP contribution in [0.2, 0.25) is 0 Å². The first-order chi connectivity index (χ1) is 14.6. The van der Waals surface area contributed by atoms with Crippen molar-refractivity contribution in [1.82, 2.24) is 4.57 Å². The van der Waals surface area contributed by atoms with E-state index < -0.39 is 11.9 Å². The summed E-state index contributed by atoms with van der Waals surface area (Å²) in [7, 11) is 0. The molecule has 2 heterocycles. The number of hydrogen-bond donors (Lipinski definition) is 0. The van der Waals surface area contributed by atoms with E-state index >= 15 is 0 Å². The Hall–Kier alpha value is -0.544. The van der Waals surface area contributed by atoms with Crippen LogP contribution in [0.4, 0.5) is 0 Å². The Morgan fingerprint density at radius 3 is 1.90 bits per heavy atom. The first-order valence-electron chi connectivity index (χ1n) is 11.5. The van der Waals surface area contributed by atoms with Crippen molar-refractivity contribution in [3.05, 3.63) is 11.4 Å². The van der Waals surface area contributed by atoms with Crippen LogP contribution in [0.1, 0.15) is 105 Å². The van der Waals surface area contributed by atoms with Gasteiger partial charge in [-0.1, -0.05) is 64.7 Å². The van der Waals surface area contributed by atoms with Crippen LogP contribution in [0.5, 0.6) is 11.5 Å². The number of carboxylic acid groups (broad SMARTS) is 1. The monoisotopic (exact) mass is 461 g/mol. The summed E-state index contributed by atoms with van der Waals surface area (Å²) < 4.78 is 17.9. The molecule has 0 saturated heterocycles. The van der Waals surface area contributed by atoms with Gasteiger partial charge in [0.1, 0.15) is 5.69 Å². The molecular formula is C23H36KNO6. The summed E-state index contributed by atoms with van der Waals surface area (Å²) in [6.07, 6.45) is 12.3. The van der Waals surface area contributed by atoms with Crippen LogP contribution in [0, 0.1) is 0 Å². The Bertz CT molecular complexity index is 688. The standard InChI is InChI=1S/C23H37NO6.K/c1-3-5-6-7-8-9-10-11-12-13-15-24-18(22(25)26)20-21(30-17-14-16-29-20)19(24)23(27)28-4-2;/h3-17H2,1-2H3,(H,25,26);/q;+1/p-1. The van der Waals surface area contributed by atoms with E-state index in [9.17, 15) is 14.7 Å². The zero-order valence-corrected chi connectivity index (χ0v) is 22.6. The summed E-state index contributed by atoms with van der Waals surface area (Å²) in [5.74, 6) is -1.72. The number of carbonyl (C=O) groups excluding carboxylic acids is 2. The van der Waals surface area contributed by atoms with E-state index in [0.29, 0.717) is 26.2 Å². The fourth-order valence-corrected chi connectivity index (χ4v) is 3.83. The average Bonchev–Trinajstić information content (AvgIpc) is 2.84. The minimum absolute atomic E-state index is 0. The fourth-order valence-electron chi connectivity index (χ4n) is 3.83. The van der Waals surface area contributed by atoms with E-state index in [0.717, 1.165) is 19.3 Å². The minimum Gasteiger partial charge on any atom is -0.543 e. The Morgan fingerprint density at radius 1 is 0.871 bits per heavy atom. The second-order valence-electron chi connectivity index (χ2n) is 7.75. The Labute approximate surface area is 228 Å². The molecule has 0 saturated carbocycles. The van der Waals surface area contributed by atoms with Crippen molar-refractivity contribution < 1.29 is 80.3 Å². The smallest absolute Gasteiger partial charge is 0.543 e. The van der Waals surface area contributed by atoms with Crippen LogP contribution in [-0.2, 0) is 11.3 Å². The summed E-state index contributed by atoms with van der Waals surface area (Å²) in [5, 5.41) is 11.9. The Balaban J connectivity index is 0.00000480. The van der Waals surface area contributed by atoms with Crippen LogP contribution in [0.15, 0.2) is 0 Å². The number of carbonyl (C=O) groups is 2. The minimum atomic E-state index is -1.38. The molecule has 7 nitrogen and oxygen atoms in total. The van der Waals surface area contributed by atoms with E-state index in [-0.39, 0.29) is 80.9 Å². The topological polar surface area (TPSA) is 89.8 Å². The molecule has 1 aliphatic heterocycles. The molecule has 8 heteroatoms. The van der Waals surface area contributed by atoms with Gasteiger partial charge in [-0.2, -0.15) is 0 Å². The molecule has 0 aromatic carbocycles. The molecule has 0 unspecified atom stereocenters. The zero-order valence-electron chi connectivity index (χ0n) is 19.5. The Morgan fingerprint density at radius 2 is 1.39 bits per heavy atom. The van der Waals surface area contributed by atoms with Gasteiger partial charge in [0, 0.05) is 13.0 Å². The number of aromatic nitrogens is 1. The van der Waals surface area contributed by atoms with Gasteiger partial charge in [0.2, 0.25) is 0 Å². The van der Waals surface area contributed by atoms with Crippen molar-refractivity contribution in [3.8, 4) is 11.5 Å². The number of carboxylic acids is 1. The molecule has 0 spiro atoms. The van der Waals surface area contributed by atoms with E-state index in [1.165, 1.54) is 49.5 Å². The summed E-state index contributed by atoms with van der Waals surface area (Å²) >= 11 is 0. The number of fused-ring (bicyclic) bond motifs is 1. The van der Waals surface area contributed by atoms with Gasteiger partial charge in [0.15, 0.2) is 17.2 Å². The number of hydrogen-bond acceptors (Lipinski definition) is 6. The second kappa shape index (κ2) is 16.1. The Kier molecular flexibility index (Phi) is 14.8. The van der Waals surface area contributed by atoms with E-state index in [2.05, 4.69) is 6.92 Å². The van der Waals surface area contributed by atoms with Crippen molar-refractivity contribution >= 4 is 11.9 Å². The normalized spacial score (nSPS) is 12.7. The largest absolute Gasteiger partial charge is 1.00 e.